The lowest BCUT2D eigenvalue weighted by Gasteiger charge is -2.14. The number of aryl methyl sites for hydroxylation is 1. The van der Waals surface area contributed by atoms with Crippen molar-refractivity contribution in [3.63, 3.8) is 0 Å². The molecular formula is C18H19ClN2O4. The molecule has 2 amide bonds. The minimum atomic E-state index is -0.678. The van der Waals surface area contributed by atoms with E-state index >= 15 is 0 Å². The van der Waals surface area contributed by atoms with Crippen LogP contribution in [0.25, 0.3) is 0 Å². The van der Waals surface area contributed by atoms with E-state index in [2.05, 4.69) is 5.32 Å². The van der Waals surface area contributed by atoms with Crippen molar-refractivity contribution >= 4 is 29.1 Å². The van der Waals surface area contributed by atoms with Crippen LogP contribution < -0.4 is 20.5 Å². The highest BCUT2D eigenvalue weighted by atomic mass is 35.5. The molecule has 0 saturated carbocycles. The van der Waals surface area contributed by atoms with Crippen molar-refractivity contribution in [1.82, 2.24) is 0 Å². The van der Waals surface area contributed by atoms with Crippen molar-refractivity contribution in [1.29, 1.82) is 0 Å². The zero-order valence-corrected chi connectivity index (χ0v) is 14.7. The highest BCUT2D eigenvalue weighted by molar-refractivity contribution is 6.31. The predicted molar refractivity (Wildman–Crippen MR) is 96.5 cm³/mol. The molecule has 0 unspecified atom stereocenters. The first-order valence-electron chi connectivity index (χ1n) is 7.55. The first-order valence-corrected chi connectivity index (χ1v) is 7.93. The van der Waals surface area contributed by atoms with Crippen molar-refractivity contribution in [2.24, 2.45) is 5.73 Å². The molecule has 0 heterocycles. The van der Waals surface area contributed by atoms with E-state index in [1.807, 2.05) is 18.2 Å². The number of carbonyl (C=O) groups excluding carboxylic acids is 2. The van der Waals surface area contributed by atoms with Gasteiger partial charge in [0.2, 0.25) is 5.91 Å². The fraction of sp³-hybridized carbons (Fsp3) is 0.222. The van der Waals surface area contributed by atoms with Crippen LogP contribution in [0.3, 0.4) is 0 Å². The number of halogens is 1. The predicted octanol–water partition coefficient (Wildman–Crippen LogP) is 3.03. The number of hydrogen-bond donors (Lipinski definition) is 2. The van der Waals surface area contributed by atoms with Crippen LogP contribution in [-0.4, -0.2) is 26.0 Å². The minimum Gasteiger partial charge on any atom is -0.493 e. The molecule has 7 heteroatoms. The average Bonchev–Trinajstić information content (AvgIpc) is 2.60. The highest BCUT2D eigenvalue weighted by Crippen LogP contribution is 2.33. The number of methoxy groups -OCH3 is 2. The van der Waals surface area contributed by atoms with Crippen LogP contribution in [0, 0.1) is 0 Å². The topological polar surface area (TPSA) is 90.6 Å². The third-order valence-electron chi connectivity index (χ3n) is 3.64. The van der Waals surface area contributed by atoms with E-state index in [0.717, 1.165) is 5.56 Å². The van der Waals surface area contributed by atoms with Gasteiger partial charge in [-0.05, 0) is 24.1 Å². The SMILES string of the molecule is COc1cc(NC(=O)CCc2ccccc2Cl)c(C(N)=O)cc1OC. The van der Waals surface area contributed by atoms with Crippen molar-refractivity contribution in [2.45, 2.75) is 12.8 Å². The van der Waals surface area contributed by atoms with Gasteiger partial charge in [0, 0.05) is 17.5 Å². The molecule has 2 aromatic carbocycles. The summed E-state index contributed by atoms with van der Waals surface area (Å²) in [5.74, 6) is -0.212. The van der Waals surface area contributed by atoms with E-state index in [9.17, 15) is 9.59 Å². The van der Waals surface area contributed by atoms with E-state index < -0.39 is 5.91 Å². The van der Waals surface area contributed by atoms with Crippen LogP contribution in [0.4, 0.5) is 5.69 Å². The van der Waals surface area contributed by atoms with Crippen molar-refractivity contribution < 1.29 is 19.1 Å². The van der Waals surface area contributed by atoms with E-state index in [1.165, 1.54) is 26.4 Å². The van der Waals surface area contributed by atoms with Gasteiger partial charge >= 0.3 is 0 Å². The van der Waals surface area contributed by atoms with Crippen LogP contribution in [0.15, 0.2) is 36.4 Å². The summed E-state index contributed by atoms with van der Waals surface area (Å²) in [4.78, 5) is 23.9. The van der Waals surface area contributed by atoms with Gasteiger partial charge in [-0.1, -0.05) is 29.8 Å². The Morgan fingerprint density at radius 1 is 1.12 bits per heavy atom. The maximum Gasteiger partial charge on any atom is 0.250 e. The zero-order chi connectivity index (χ0) is 18.4. The number of hydrogen-bond acceptors (Lipinski definition) is 4. The summed E-state index contributed by atoms with van der Waals surface area (Å²) in [5.41, 5.74) is 6.68. The lowest BCUT2D eigenvalue weighted by Crippen LogP contribution is -2.19. The standard InChI is InChI=1S/C18H19ClN2O4/c1-24-15-9-12(18(20)23)14(10-16(15)25-2)21-17(22)8-7-11-5-3-4-6-13(11)19/h3-6,9-10H,7-8H2,1-2H3,(H2,20,23)(H,21,22). The number of anilines is 1. The van der Waals surface area contributed by atoms with Gasteiger partial charge in [-0.3, -0.25) is 9.59 Å². The van der Waals surface area contributed by atoms with Crippen LogP contribution in [-0.2, 0) is 11.2 Å². The first-order chi connectivity index (χ1) is 12.0. The molecular weight excluding hydrogens is 344 g/mol. The summed E-state index contributed by atoms with van der Waals surface area (Å²) in [6.07, 6.45) is 0.682. The second-order valence-corrected chi connectivity index (χ2v) is 5.66. The third kappa shape index (κ3) is 4.64. The second kappa shape index (κ2) is 8.39. The van der Waals surface area contributed by atoms with Crippen LogP contribution in [0.1, 0.15) is 22.3 Å². The van der Waals surface area contributed by atoms with E-state index in [0.29, 0.717) is 22.9 Å². The van der Waals surface area contributed by atoms with Gasteiger partial charge in [0.05, 0.1) is 25.5 Å². The molecule has 3 N–H and O–H groups in total. The van der Waals surface area contributed by atoms with E-state index in [-0.39, 0.29) is 23.6 Å². The Morgan fingerprint density at radius 2 is 1.76 bits per heavy atom. The molecule has 0 atom stereocenters. The summed E-state index contributed by atoms with van der Waals surface area (Å²) in [5, 5.41) is 3.30. The van der Waals surface area contributed by atoms with Crippen LogP contribution >= 0.6 is 11.6 Å². The normalized spacial score (nSPS) is 10.2. The largest absolute Gasteiger partial charge is 0.493 e. The third-order valence-corrected chi connectivity index (χ3v) is 4.01. The molecule has 0 bridgehead atoms. The molecule has 2 rings (SSSR count). The van der Waals surface area contributed by atoms with Gasteiger partial charge in [-0.2, -0.15) is 0 Å². The molecule has 132 valence electrons. The first kappa shape index (κ1) is 18.6. The molecule has 0 fully saturated rings. The van der Waals surface area contributed by atoms with E-state index in [1.54, 1.807) is 6.07 Å². The molecule has 25 heavy (non-hydrogen) atoms. The van der Waals surface area contributed by atoms with Gasteiger partial charge in [0.25, 0.3) is 5.91 Å². The Balaban J connectivity index is 2.16. The van der Waals surface area contributed by atoms with Gasteiger partial charge < -0.3 is 20.5 Å². The number of amides is 2. The minimum absolute atomic E-state index is 0.142. The summed E-state index contributed by atoms with van der Waals surface area (Å²) in [6, 6.07) is 10.3. The van der Waals surface area contributed by atoms with Crippen molar-refractivity contribution in [3.8, 4) is 11.5 Å². The lowest BCUT2D eigenvalue weighted by atomic mass is 10.1. The fourth-order valence-electron chi connectivity index (χ4n) is 2.35. The molecule has 2 aromatic rings. The molecule has 0 aliphatic heterocycles. The van der Waals surface area contributed by atoms with Crippen LogP contribution in [0.5, 0.6) is 11.5 Å². The maximum absolute atomic E-state index is 12.2. The summed E-state index contributed by atoms with van der Waals surface area (Å²) >= 11 is 6.08. The Kier molecular flexibility index (Phi) is 6.25. The number of carbonyl (C=O) groups is 2. The monoisotopic (exact) mass is 362 g/mol. The Bertz CT molecular complexity index is 793. The number of benzene rings is 2. The number of ether oxygens (including phenoxy) is 2. The molecule has 0 radical (unpaired) electrons. The number of rotatable bonds is 7. The molecule has 0 aliphatic rings. The smallest absolute Gasteiger partial charge is 0.250 e. The molecule has 0 aliphatic carbocycles. The van der Waals surface area contributed by atoms with Gasteiger partial charge in [-0.15, -0.1) is 0 Å². The van der Waals surface area contributed by atoms with Crippen molar-refractivity contribution in [3.05, 3.63) is 52.5 Å². The van der Waals surface area contributed by atoms with Crippen molar-refractivity contribution in [2.75, 3.05) is 19.5 Å². The molecule has 0 spiro atoms. The van der Waals surface area contributed by atoms with Gasteiger partial charge in [0.1, 0.15) is 0 Å². The highest BCUT2D eigenvalue weighted by Gasteiger charge is 2.17. The number of nitrogens with one attached hydrogen (secondary N) is 1. The maximum atomic E-state index is 12.2. The Hall–Kier alpha value is -2.73. The number of primary amides is 1. The average molecular weight is 363 g/mol. The molecule has 6 nitrogen and oxygen atoms in total. The van der Waals surface area contributed by atoms with Gasteiger partial charge in [0.15, 0.2) is 11.5 Å². The lowest BCUT2D eigenvalue weighted by molar-refractivity contribution is -0.116. The molecule has 0 aromatic heterocycles. The summed E-state index contributed by atoms with van der Waals surface area (Å²) in [6.45, 7) is 0. The zero-order valence-electron chi connectivity index (χ0n) is 14.0. The van der Waals surface area contributed by atoms with Crippen LogP contribution in [0.2, 0.25) is 5.02 Å². The quantitative estimate of drug-likeness (QED) is 0.792. The van der Waals surface area contributed by atoms with Gasteiger partial charge in [-0.25, -0.2) is 0 Å². The summed E-state index contributed by atoms with van der Waals surface area (Å²) in [7, 11) is 2.91. The summed E-state index contributed by atoms with van der Waals surface area (Å²) < 4.78 is 10.3. The number of nitrogens with two attached hydrogens (primary N) is 1. The second-order valence-electron chi connectivity index (χ2n) is 5.26. The Morgan fingerprint density at radius 3 is 2.36 bits per heavy atom. The molecule has 0 saturated heterocycles. The fourth-order valence-corrected chi connectivity index (χ4v) is 2.58. The van der Waals surface area contributed by atoms with E-state index in [4.69, 9.17) is 26.8 Å². The Labute approximate surface area is 150 Å².